The van der Waals surface area contributed by atoms with Crippen molar-refractivity contribution in [1.29, 1.82) is 0 Å². The molecule has 1 fully saturated rings. The van der Waals surface area contributed by atoms with Gasteiger partial charge in [0.15, 0.2) is 17.6 Å². The quantitative estimate of drug-likeness (QED) is 0.838. The first-order chi connectivity index (χ1) is 9.06. The first-order valence-electron chi connectivity index (χ1n) is 5.86. The number of aliphatic hydroxyl groups excluding tert-OH is 1. The zero-order valence-corrected chi connectivity index (χ0v) is 12.3. The third kappa shape index (κ3) is 3.19. The fourth-order valence-corrected chi connectivity index (χ4v) is 2.12. The molecule has 0 aromatic heterocycles. The molecule has 0 bridgehead atoms. The van der Waals surface area contributed by atoms with Gasteiger partial charge in [-0.2, -0.15) is 0 Å². The molecular weight excluding hydrogens is 316 g/mol. The number of esters is 1. The molecule has 19 heavy (non-hydrogen) atoms. The van der Waals surface area contributed by atoms with E-state index in [1.54, 1.807) is 12.1 Å². The second-order valence-corrected chi connectivity index (χ2v) is 5.18. The van der Waals surface area contributed by atoms with Crippen molar-refractivity contribution < 1.29 is 24.1 Å². The number of aliphatic hydroxyl groups is 1. The molecule has 1 aromatic rings. The molecule has 104 valence electrons. The zero-order valence-electron chi connectivity index (χ0n) is 10.7. The molecule has 1 aliphatic rings. The van der Waals surface area contributed by atoms with Crippen LogP contribution in [0.25, 0.3) is 0 Å². The van der Waals surface area contributed by atoms with Crippen LogP contribution in [0, 0.1) is 0 Å². The summed E-state index contributed by atoms with van der Waals surface area (Å²) in [5, 5.41) is 10.0. The van der Waals surface area contributed by atoms with Gasteiger partial charge >= 0.3 is 5.97 Å². The van der Waals surface area contributed by atoms with Crippen LogP contribution in [0.2, 0.25) is 0 Å². The minimum Gasteiger partial charge on any atom is -0.493 e. The topological polar surface area (TPSA) is 65.0 Å². The highest BCUT2D eigenvalue weighted by atomic mass is 79.9. The summed E-state index contributed by atoms with van der Waals surface area (Å²) in [4.78, 5) is 11.5. The summed E-state index contributed by atoms with van der Waals surface area (Å²) in [6, 6.07) is 3.35. The van der Waals surface area contributed by atoms with E-state index in [4.69, 9.17) is 9.47 Å². The van der Waals surface area contributed by atoms with Crippen LogP contribution in [-0.4, -0.2) is 31.4 Å². The van der Waals surface area contributed by atoms with Crippen LogP contribution >= 0.6 is 15.9 Å². The smallest absolute Gasteiger partial charge is 0.339 e. The first-order valence-corrected chi connectivity index (χ1v) is 6.66. The predicted octanol–water partition coefficient (Wildman–Crippen LogP) is 2.21. The van der Waals surface area contributed by atoms with Crippen LogP contribution in [0.3, 0.4) is 0 Å². The lowest BCUT2D eigenvalue weighted by atomic mass is 10.1. The highest BCUT2D eigenvalue weighted by Crippen LogP contribution is 2.41. The van der Waals surface area contributed by atoms with Crippen LogP contribution in [-0.2, 0) is 9.53 Å². The summed E-state index contributed by atoms with van der Waals surface area (Å²) in [5.41, 5.74) is 0.338. The van der Waals surface area contributed by atoms with Gasteiger partial charge in [0.2, 0.25) is 0 Å². The highest BCUT2D eigenvalue weighted by Gasteiger charge is 2.30. The average Bonchev–Trinajstić information content (AvgIpc) is 3.22. The second-order valence-electron chi connectivity index (χ2n) is 4.27. The third-order valence-corrected chi connectivity index (χ3v) is 3.25. The van der Waals surface area contributed by atoms with Gasteiger partial charge in [-0.1, -0.05) is 15.9 Å². The number of carbonyl (C=O) groups is 1. The van der Waals surface area contributed by atoms with Crippen LogP contribution in [0.4, 0.5) is 0 Å². The number of carbonyl (C=O) groups excluding carboxylic acids is 1. The van der Waals surface area contributed by atoms with Crippen molar-refractivity contribution in [1.82, 2.24) is 0 Å². The van der Waals surface area contributed by atoms with Crippen molar-refractivity contribution in [3.05, 3.63) is 22.2 Å². The largest absolute Gasteiger partial charge is 0.493 e. The Morgan fingerprint density at radius 3 is 2.63 bits per heavy atom. The van der Waals surface area contributed by atoms with Gasteiger partial charge in [0.25, 0.3) is 0 Å². The SMILES string of the molecule is COC(=O)C(O)c1cc(Br)cc(OC)c1OC1CC1. The molecule has 0 radical (unpaired) electrons. The summed E-state index contributed by atoms with van der Waals surface area (Å²) >= 11 is 3.31. The Bertz CT molecular complexity index is 484. The standard InChI is InChI=1S/C13H15BrO5/c1-17-10-6-7(14)5-9(11(15)13(16)18-2)12(10)19-8-3-4-8/h5-6,8,11,15H,3-4H2,1-2H3. The van der Waals surface area contributed by atoms with Gasteiger partial charge in [0, 0.05) is 10.0 Å². The number of ether oxygens (including phenoxy) is 3. The molecular formula is C13H15BrO5. The fourth-order valence-electron chi connectivity index (χ4n) is 1.66. The maximum Gasteiger partial charge on any atom is 0.339 e. The minimum absolute atomic E-state index is 0.124. The number of benzene rings is 1. The number of hydrogen-bond acceptors (Lipinski definition) is 5. The summed E-state index contributed by atoms with van der Waals surface area (Å²) in [7, 11) is 2.73. The Hall–Kier alpha value is -1.27. The van der Waals surface area contributed by atoms with E-state index in [-0.39, 0.29) is 6.10 Å². The monoisotopic (exact) mass is 330 g/mol. The summed E-state index contributed by atoms with van der Waals surface area (Å²) < 4.78 is 16.2. The third-order valence-electron chi connectivity index (χ3n) is 2.80. The molecule has 1 atom stereocenters. The molecule has 0 spiro atoms. The molecule has 5 nitrogen and oxygen atoms in total. The number of hydrogen-bond donors (Lipinski definition) is 1. The Morgan fingerprint density at radius 1 is 1.42 bits per heavy atom. The van der Waals surface area contributed by atoms with E-state index in [1.807, 2.05) is 0 Å². The Labute approximate surface area is 119 Å². The Balaban J connectivity index is 2.42. The number of rotatable bonds is 5. The number of methoxy groups -OCH3 is 2. The van der Waals surface area contributed by atoms with Gasteiger partial charge in [0.05, 0.1) is 20.3 Å². The van der Waals surface area contributed by atoms with Gasteiger partial charge in [-0.25, -0.2) is 4.79 Å². The molecule has 0 aliphatic heterocycles. The molecule has 0 saturated heterocycles. The molecule has 0 heterocycles. The van der Waals surface area contributed by atoms with Gasteiger partial charge in [-0.05, 0) is 25.0 Å². The van der Waals surface area contributed by atoms with E-state index in [0.717, 1.165) is 12.8 Å². The first kappa shape index (κ1) is 14.1. The van der Waals surface area contributed by atoms with Crippen LogP contribution in [0.5, 0.6) is 11.5 Å². The van der Waals surface area contributed by atoms with Crippen molar-refractivity contribution in [2.45, 2.75) is 25.0 Å². The Morgan fingerprint density at radius 2 is 2.11 bits per heavy atom. The summed E-state index contributed by atoms with van der Waals surface area (Å²) in [6.45, 7) is 0. The average molecular weight is 331 g/mol. The second kappa shape index (κ2) is 5.79. The molecule has 1 unspecified atom stereocenters. The van der Waals surface area contributed by atoms with Crippen molar-refractivity contribution in [2.24, 2.45) is 0 Å². The highest BCUT2D eigenvalue weighted by molar-refractivity contribution is 9.10. The lowest BCUT2D eigenvalue weighted by molar-refractivity contribution is -0.150. The molecule has 1 aromatic carbocycles. The van der Waals surface area contributed by atoms with Crippen LogP contribution in [0.1, 0.15) is 24.5 Å². The van der Waals surface area contributed by atoms with E-state index < -0.39 is 12.1 Å². The van der Waals surface area contributed by atoms with E-state index in [1.165, 1.54) is 14.2 Å². The van der Waals surface area contributed by atoms with Gasteiger partial charge < -0.3 is 19.3 Å². The molecule has 1 N–H and O–H groups in total. The van der Waals surface area contributed by atoms with Gasteiger partial charge in [0.1, 0.15) is 0 Å². The predicted molar refractivity (Wildman–Crippen MR) is 71.3 cm³/mol. The molecule has 6 heteroatoms. The van der Waals surface area contributed by atoms with Crippen molar-refractivity contribution in [2.75, 3.05) is 14.2 Å². The maximum atomic E-state index is 11.5. The van der Waals surface area contributed by atoms with Crippen molar-refractivity contribution in [3.8, 4) is 11.5 Å². The lowest BCUT2D eigenvalue weighted by Gasteiger charge is -2.18. The van der Waals surface area contributed by atoms with Crippen LogP contribution < -0.4 is 9.47 Å². The van der Waals surface area contributed by atoms with Crippen LogP contribution in [0.15, 0.2) is 16.6 Å². The van der Waals surface area contributed by atoms with Crippen molar-refractivity contribution >= 4 is 21.9 Å². The Kier molecular flexibility index (Phi) is 4.31. The fraction of sp³-hybridized carbons (Fsp3) is 0.462. The normalized spacial score (nSPS) is 15.8. The zero-order chi connectivity index (χ0) is 14.0. The summed E-state index contributed by atoms with van der Waals surface area (Å²) in [6.07, 6.45) is 0.656. The molecule has 1 aliphatic carbocycles. The minimum atomic E-state index is -1.40. The van der Waals surface area contributed by atoms with Gasteiger partial charge in [-0.15, -0.1) is 0 Å². The van der Waals surface area contributed by atoms with Crippen molar-refractivity contribution in [3.63, 3.8) is 0 Å². The maximum absolute atomic E-state index is 11.5. The van der Waals surface area contributed by atoms with E-state index in [0.29, 0.717) is 21.5 Å². The molecule has 1 saturated carbocycles. The number of halogens is 1. The van der Waals surface area contributed by atoms with Gasteiger partial charge in [-0.3, -0.25) is 0 Å². The lowest BCUT2D eigenvalue weighted by Crippen LogP contribution is -2.15. The summed E-state index contributed by atoms with van der Waals surface area (Å²) in [5.74, 6) is 0.131. The van der Waals surface area contributed by atoms with E-state index in [9.17, 15) is 9.90 Å². The van der Waals surface area contributed by atoms with E-state index >= 15 is 0 Å². The molecule has 2 rings (SSSR count). The molecule has 0 amide bonds. The van der Waals surface area contributed by atoms with E-state index in [2.05, 4.69) is 20.7 Å².